The summed E-state index contributed by atoms with van der Waals surface area (Å²) in [5.41, 5.74) is 1.13. The lowest BCUT2D eigenvalue weighted by atomic mass is 10.1. The molecule has 0 spiro atoms. The molecule has 0 radical (unpaired) electrons. The SMILES string of the molecule is O=S(=O)(Cc1cccc(CO)c1)Nc1cc(F)ccc1Cl. The van der Waals surface area contributed by atoms with Crippen LogP contribution in [0.25, 0.3) is 0 Å². The number of rotatable bonds is 5. The van der Waals surface area contributed by atoms with Gasteiger partial charge in [0.1, 0.15) is 5.82 Å². The minimum Gasteiger partial charge on any atom is -0.392 e. The van der Waals surface area contributed by atoms with Crippen LogP contribution in [0.5, 0.6) is 0 Å². The fourth-order valence-corrected chi connectivity index (χ4v) is 3.23. The summed E-state index contributed by atoms with van der Waals surface area (Å²) in [7, 11) is -3.73. The maximum atomic E-state index is 13.1. The minimum atomic E-state index is -3.73. The molecule has 0 aliphatic carbocycles. The van der Waals surface area contributed by atoms with Crippen molar-refractivity contribution in [2.24, 2.45) is 0 Å². The van der Waals surface area contributed by atoms with Crippen LogP contribution in [0, 0.1) is 5.82 Å². The van der Waals surface area contributed by atoms with Gasteiger partial charge in [-0.05, 0) is 29.3 Å². The van der Waals surface area contributed by atoms with E-state index in [4.69, 9.17) is 16.7 Å². The van der Waals surface area contributed by atoms with Crippen molar-refractivity contribution in [3.05, 3.63) is 64.4 Å². The summed E-state index contributed by atoms with van der Waals surface area (Å²) < 4.78 is 39.5. The largest absolute Gasteiger partial charge is 0.392 e. The molecule has 0 fully saturated rings. The summed E-state index contributed by atoms with van der Waals surface area (Å²) >= 11 is 5.83. The molecule has 0 saturated carbocycles. The summed E-state index contributed by atoms with van der Waals surface area (Å²) in [5.74, 6) is -0.882. The van der Waals surface area contributed by atoms with Crippen molar-refractivity contribution in [3.63, 3.8) is 0 Å². The van der Waals surface area contributed by atoms with Crippen LogP contribution in [0.3, 0.4) is 0 Å². The molecule has 0 saturated heterocycles. The molecular weight excluding hydrogens is 317 g/mol. The first kappa shape index (κ1) is 15.8. The van der Waals surface area contributed by atoms with E-state index in [1.54, 1.807) is 24.3 Å². The average molecular weight is 330 g/mol. The van der Waals surface area contributed by atoms with Crippen molar-refractivity contribution in [2.45, 2.75) is 12.4 Å². The second-order valence-corrected chi connectivity index (χ2v) is 6.59. The molecule has 0 atom stereocenters. The number of anilines is 1. The van der Waals surface area contributed by atoms with E-state index in [1.165, 1.54) is 6.07 Å². The van der Waals surface area contributed by atoms with Gasteiger partial charge in [-0.3, -0.25) is 4.72 Å². The van der Waals surface area contributed by atoms with Crippen molar-refractivity contribution < 1.29 is 17.9 Å². The van der Waals surface area contributed by atoms with Gasteiger partial charge in [-0.2, -0.15) is 0 Å². The molecule has 0 amide bonds. The Morgan fingerprint density at radius 1 is 1.14 bits per heavy atom. The normalized spacial score (nSPS) is 11.4. The van der Waals surface area contributed by atoms with Gasteiger partial charge in [0.05, 0.1) is 23.1 Å². The number of nitrogens with one attached hydrogen (secondary N) is 1. The Hall–Kier alpha value is -1.63. The quantitative estimate of drug-likeness (QED) is 0.886. The zero-order chi connectivity index (χ0) is 15.5. The van der Waals surface area contributed by atoms with E-state index in [2.05, 4.69) is 4.72 Å². The van der Waals surface area contributed by atoms with Crippen LogP contribution in [0.4, 0.5) is 10.1 Å². The molecule has 0 unspecified atom stereocenters. The third kappa shape index (κ3) is 4.42. The van der Waals surface area contributed by atoms with Gasteiger partial charge in [-0.1, -0.05) is 35.9 Å². The monoisotopic (exact) mass is 329 g/mol. The number of benzene rings is 2. The first-order chi connectivity index (χ1) is 9.89. The van der Waals surface area contributed by atoms with Crippen molar-refractivity contribution >= 4 is 27.3 Å². The van der Waals surface area contributed by atoms with Gasteiger partial charge in [0, 0.05) is 0 Å². The van der Waals surface area contributed by atoms with Crippen molar-refractivity contribution in [2.75, 3.05) is 4.72 Å². The molecule has 112 valence electrons. The molecule has 2 N–H and O–H groups in total. The number of aliphatic hydroxyl groups excluding tert-OH is 1. The van der Waals surface area contributed by atoms with Crippen molar-refractivity contribution in [1.29, 1.82) is 0 Å². The first-order valence-corrected chi connectivity index (χ1v) is 8.07. The summed E-state index contributed by atoms with van der Waals surface area (Å²) in [6.45, 7) is -0.170. The lowest BCUT2D eigenvalue weighted by Crippen LogP contribution is -2.15. The van der Waals surface area contributed by atoms with Gasteiger partial charge in [0.15, 0.2) is 0 Å². The Labute approximate surface area is 127 Å². The van der Waals surface area contributed by atoms with E-state index < -0.39 is 15.8 Å². The molecule has 7 heteroatoms. The van der Waals surface area contributed by atoms with Gasteiger partial charge in [-0.25, -0.2) is 12.8 Å². The van der Waals surface area contributed by atoms with E-state index in [1.807, 2.05) is 0 Å². The molecule has 21 heavy (non-hydrogen) atoms. The Bertz CT molecular complexity index is 750. The van der Waals surface area contributed by atoms with Crippen LogP contribution >= 0.6 is 11.6 Å². The smallest absolute Gasteiger partial charge is 0.236 e. The van der Waals surface area contributed by atoms with E-state index in [0.717, 1.165) is 12.1 Å². The maximum absolute atomic E-state index is 13.1. The molecule has 2 aromatic carbocycles. The van der Waals surface area contributed by atoms with Crippen LogP contribution in [0.1, 0.15) is 11.1 Å². The predicted molar refractivity (Wildman–Crippen MR) is 80.0 cm³/mol. The van der Waals surface area contributed by atoms with Crippen LogP contribution in [0.15, 0.2) is 42.5 Å². The third-order valence-electron chi connectivity index (χ3n) is 2.72. The Morgan fingerprint density at radius 2 is 1.86 bits per heavy atom. The summed E-state index contributed by atoms with van der Waals surface area (Å²) in [6, 6.07) is 10.0. The van der Waals surface area contributed by atoms with E-state index in [9.17, 15) is 12.8 Å². The van der Waals surface area contributed by atoms with Crippen LogP contribution in [-0.2, 0) is 22.4 Å². The molecule has 0 aliphatic rings. The number of halogens is 2. The highest BCUT2D eigenvalue weighted by Crippen LogP contribution is 2.24. The first-order valence-electron chi connectivity index (χ1n) is 6.04. The highest BCUT2D eigenvalue weighted by molar-refractivity contribution is 7.91. The standard InChI is InChI=1S/C14H13ClFNO3S/c15-13-5-4-12(16)7-14(13)17-21(19,20)9-11-3-1-2-10(6-11)8-18/h1-7,17-18H,8-9H2. The van der Waals surface area contributed by atoms with E-state index in [-0.39, 0.29) is 23.1 Å². The number of sulfonamides is 1. The summed E-state index contributed by atoms with van der Waals surface area (Å²) in [5, 5.41) is 9.15. The summed E-state index contributed by atoms with van der Waals surface area (Å²) in [4.78, 5) is 0. The van der Waals surface area contributed by atoms with Crippen LogP contribution in [-0.4, -0.2) is 13.5 Å². The third-order valence-corrected chi connectivity index (χ3v) is 4.30. The number of aliphatic hydroxyl groups is 1. The molecule has 0 bridgehead atoms. The van der Waals surface area contributed by atoms with Gasteiger partial charge in [-0.15, -0.1) is 0 Å². The van der Waals surface area contributed by atoms with Crippen LogP contribution in [0.2, 0.25) is 5.02 Å². The highest BCUT2D eigenvalue weighted by atomic mass is 35.5. The maximum Gasteiger partial charge on any atom is 0.236 e. The molecule has 2 rings (SSSR count). The summed E-state index contributed by atoms with van der Waals surface area (Å²) in [6.07, 6.45) is 0. The zero-order valence-corrected chi connectivity index (χ0v) is 12.5. The topological polar surface area (TPSA) is 66.4 Å². The van der Waals surface area contributed by atoms with Gasteiger partial charge in [0.25, 0.3) is 0 Å². The van der Waals surface area contributed by atoms with Crippen molar-refractivity contribution in [1.82, 2.24) is 0 Å². The second-order valence-electron chi connectivity index (χ2n) is 4.46. The number of hydrogen-bond donors (Lipinski definition) is 2. The van der Waals surface area contributed by atoms with E-state index in [0.29, 0.717) is 11.1 Å². The van der Waals surface area contributed by atoms with Gasteiger partial charge >= 0.3 is 0 Å². The van der Waals surface area contributed by atoms with Gasteiger partial charge < -0.3 is 5.11 Å². The molecule has 2 aromatic rings. The fourth-order valence-electron chi connectivity index (χ4n) is 1.82. The zero-order valence-electron chi connectivity index (χ0n) is 10.9. The molecule has 0 aliphatic heterocycles. The molecule has 0 aromatic heterocycles. The van der Waals surface area contributed by atoms with Crippen molar-refractivity contribution in [3.8, 4) is 0 Å². The van der Waals surface area contributed by atoms with E-state index >= 15 is 0 Å². The van der Waals surface area contributed by atoms with Crippen LogP contribution < -0.4 is 4.72 Å². The lowest BCUT2D eigenvalue weighted by molar-refractivity contribution is 0.282. The Balaban J connectivity index is 2.20. The Kier molecular flexibility index (Phi) is 4.82. The minimum absolute atomic E-state index is 0.00465. The molecular formula is C14H13ClFNO3S. The lowest BCUT2D eigenvalue weighted by Gasteiger charge is -2.10. The fraction of sp³-hybridized carbons (Fsp3) is 0.143. The second kappa shape index (κ2) is 6.43. The highest BCUT2D eigenvalue weighted by Gasteiger charge is 2.14. The number of hydrogen-bond acceptors (Lipinski definition) is 3. The van der Waals surface area contributed by atoms with Gasteiger partial charge in [0.2, 0.25) is 10.0 Å². The average Bonchev–Trinajstić information content (AvgIpc) is 2.42. The molecule has 4 nitrogen and oxygen atoms in total. The Morgan fingerprint density at radius 3 is 2.57 bits per heavy atom. The molecule has 0 heterocycles. The predicted octanol–water partition coefficient (Wildman–Crippen LogP) is 2.91.